The largest absolute Gasteiger partial charge is 0.477 e. The number of nitro benzene ring substituents is 1. The molecule has 0 spiro atoms. The Labute approximate surface area is 141 Å². The summed E-state index contributed by atoms with van der Waals surface area (Å²) in [5, 5.41) is 13.7. The third kappa shape index (κ3) is 4.79. The molecule has 23 heavy (non-hydrogen) atoms. The number of amides is 1. The lowest BCUT2D eigenvalue weighted by atomic mass is 10.1. The van der Waals surface area contributed by atoms with Gasteiger partial charge in [0, 0.05) is 10.5 Å². The first kappa shape index (κ1) is 17.0. The molecular weight excluding hydrogens is 364 g/mol. The van der Waals surface area contributed by atoms with E-state index in [9.17, 15) is 14.9 Å². The van der Waals surface area contributed by atoms with Crippen molar-refractivity contribution >= 4 is 27.5 Å². The summed E-state index contributed by atoms with van der Waals surface area (Å²) in [5.74, 6) is -0.275. The number of carbonyl (C=O) groups is 1. The third-order valence-corrected chi connectivity index (χ3v) is 3.70. The Hall–Kier alpha value is -2.41. The number of benzene rings is 2. The number of para-hydroxylation sites is 2. The van der Waals surface area contributed by atoms with Crippen molar-refractivity contribution in [1.82, 2.24) is 5.32 Å². The third-order valence-electron chi connectivity index (χ3n) is 3.17. The Morgan fingerprint density at radius 1 is 1.26 bits per heavy atom. The summed E-state index contributed by atoms with van der Waals surface area (Å²) < 4.78 is 6.21. The minimum atomic E-state index is -0.544. The zero-order valence-corrected chi connectivity index (χ0v) is 13.9. The van der Waals surface area contributed by atoms with Gasteiger partial charge in [0.15, 0.2) is 12.4 Å². The predicted octanol–water partition coefficient (Wildman–Crippen LogP) is 3.61. The number of ether oxygens (including phenoxy) is 1. The topological polar surface area (TPSA) is 81.5 Å². The number of nitrogens with one attached hydrogen (secondary N) is 1. The molecule has 0 aliphatic carbocycles. The zero-order valence-electron chi connectivity index (χ0n) is 12.4. The first-order valence-corrected chi connectivity index (χ1v) is 7.67. The molecule has 0 saturated carbocycles. The molecule has 0 heterocycles. The van der Waals surface area contributed by atoms with Crippen LogP contribution in [-0.2, 0) is 4.79 Å². The molecule has 0 aliphatic heterocycles. The van der Waals surface area contributed by atoms with Gasteiger partial charge in [-0.15, -0.1) is 0 Å². The van der Waals surface area contributed by atoms with E-state index in [0.717, 1.165) is 10.0 Å². The van der Waals surface area contributed by atoms with E-state index in [1.165, 1.54) is 12.1 Å². The number of rotatable bonds is 6. The Balaban J connectivity index is 1.93. The van der Waals surface area contributed by atoms with E-state index < -0.39 is 4.92 Å². The van der Waals surface area contributed by atoms with Crippen molar-refractivity contribution in [2.24, 2.45) is 0 Å². The molecule has 6 nitrogen and oxygen atoms in total. The van der Waals surface area contributed by atoms with E-state index >= 15 is 0 Å². The number of hydrogen-bond acceptors (Lipinski definition) is 4. The molecule has 1 amide bonds. The van der Waals surface area contributed by atoms with Crippen LogP contribution in [0.25, 0.3) is 0 Å². The quantitative estimate of drug-likeness (QED) is 0.614. The molecule has 0 bridgehead atoms. The Kier molecular flexibility index (Phi) is 5.70. The molecule has 2 rings (SSSR count). The molecule has 7 heteroatoms. The maximum atomic E-state index is 11.9. The van der Waals surface area contributed by atoms with Crippen LogP contribution in [-0.4, -0.2) is 17.4 Å². The SMILES string of the molecule is C[C@H](NC(=O)COc1ccccc1[N+](=O)[O-])c1ccc(Br)cc1. The van der Waals surface area contributed by atoms with E-state index in [-0.39, 0.29) is 30.0 Å². The second-order valence-corrected chi connectivity index (χ2v) is 5.77. The normalized spacial score (nSPS) is 11.6. The van der Waals surface area contributed by atoms with Crippen molar-refractivity contribution in [3.8, 4) is 5.75 Å². The average molecular weight is 379 g/mol. The summed E-state index contributed by atoms with van der Waals surface area (Å²) in [5.41, 5.74) is 0.786. The lowest BCUT2D eigenvalue weighted by Crippen LogP contribution is -2.31. The number of hydrogen-bond donors (Lipinski definition) is 1. The lowest BCUT2D eigenvalue weighted by molar-refractivity contribution is -0.385. The predicted molar refractivity (Wildman–Crippen MR) is 89.3 cm³/mol. The number of nitrogens with zero attached hydrogens (tertiary/aromatic N) is 1. The highest BCUT2D eigenvalue weighted by atomic mass is 79.9. The summed E-state index contributed by atoms with van der Waals surface area (Å²) in [6.45, 7) is 1.57. The van der Waals surface area contributed by atoms with Crippen LogP contribution in [0.1, 0.15) is 18.5 Å². The minimum absolute atomic E-state index is 0.0731. The van der Waals surface area contributed by atoms with Crippen molar-refractivity contribution in [1.29, 1.82) is 0 Å². The minimum Gasteiger partial charge on any atom is -0.477 e. The maximum Gasteiger partial charge on any atom is 0.310 e. The molecule has 0 unspecified atom stereocenters. The van der Waals surface area contributed by atoms with Gasteiger partial charge in [-0.1, -0.05) is 40.2 Å². The van der Waals surface area contributed by atoms with E-state index in [2.05, 4.69) is 21.2 Å². The highest BCUT2D eigenvalue weighted by Crippen LogP contribution is 2.25. The van der Waals surface area contributed by atoms with Gasteiger partial charge in [-0.25, -0.2) is 0 Å². The monoisotopic (exact) mass is 378 g/mol. The summed E-state index contributed by atoms with van der Waals surface area (Å²) in [7, 11) is 0. The standard InChI is InChI=1S/C16H15BrN2O4/c1-11(12-6-8-13(17)9-7-12)18-16(20)10-23-15-5-3-2-4-14(15)19(21)22/h2-9,11H,10H2,1H3,(H,18,20)/t11-/m0/s1. The van der Waals surface area contributed by atoms with Crippen LogP contribution in [0.2, 0.25) is 0 Å². The summed E-state index contributed by atoms with van der Waals surface area (Å²) in [6, 6.07) is 13.3. The van der Waals surface area contributed by atoms with Gasteiger partial charge in [0.1, 0.15) is 0 Å². The second-order valence-electron chi connectivity index (χ2n) is 4.85. The second kappa shape index (κ2) is 7.73. The molecule has 1 N–H and O–H groups in total. The number of carbonyl (C=O) groups excluding carboxylic acids is 1. The van der Waals surface area contributed by atoms with Crippen molar-refractivity contribution in [2.45, 2.75) is 13.0 Å². The molecule has 0 fully saturated rings. The van der Waals surface area contributed by atoms with Crippen LogP contribution in [0, 0.1) is 10.1 Å². The van der Waals surface area contributed by atoms with E-state index in [1.54, 1.807) is 12.1 Å². The van der Waals surface area contributed by atoms with Crippen molar-refractivity contribution in [3.63, 3.8) is 0 Å². The van der Waals surface area contributed by atoms with Gasteiger partial charge in [-0.3, -0.25) is 14.9 Å². The van der Waals surface area contributed by atoms with E-state index in [0.29, 0.717) is 0 Å². The van der Waals surface area contributed by atoms with Crippen LogP contribution in [0.5, 0.6) is 5.75 Å². The van der Waals surface area contributed by atoms with Crippen molar-refractivity contribution in [3.05, 3.63) is 68.7 Å². The highest BCUT2D eigenvalue weighted by molar-refractivity contribution is 9.10. The molecule has 1 atom stereocenters. The Bertz CT molecular complexity index is 703. The number of halogens is 1. The molecule has 0 radical (unpaired) electrons. The van der Waals surface area contributed by atoms with E-state index in [1.807, 2.05) is 31.2 Å². The van der Waals surface area contributed by atoms with Gasteiger partial charge in [0.25, 0.3) is 5.91 Å². The van der Waals surface area contributed by atoms with Gasteiger partial charge in [0.2, 0.25) is 0 Å². The first-order valence-electron chi connectivity index (χ1n) is 6.88. The smallest absolute Gasteiger partial charge is 0.310 e. The first-order chi connectivity index (χ1) is 11.0. The van der Waals surface area contributed by atoms with Gasteiger partial charge in [-0.2, -0.15) is 0 Å². The van der Waals surface area contributed by atoms with Crippen molar-refractivity contribution < 1.29 is 14.5 Å². The van der Waals surface area contributed by atoms with Crippen LogP contribution < -0.4 is 10.1 Å². The Morgan fingerprint density at radius 2 is 1.91 bits per heavy atom. The fraction of sp³-hybridized carbons (Fsp3) is 0.188. The highest BCUT2D eigenvalue weighted by Gasteiger charge is 2.16. The van der Waals surface area contributed by atoms with Gasteiger partial charge >= 0.3 is 5.69 Å². The van der Waals surface area contributed by atoms with Crippen LogP contribution in [0.3, 0.4) is 0 Å². The molecule has 0 aliphatic rings. The molecule has 120 valence electrons. The van der Waals surface area contributed by atoms with Gasteiger partial charge < -0.3 is 10.1 Å². The summed E-state index contributed by atoms with van der Waals surface area (Å²) in [4.78, 5) is 22.3. The Morgan fingerprint density at radius 3 is 2.57 bits per heavy atom. The molecule has 0 saturated heterocycles. The summed E-state index contributed by atoms with van der Waals surface area (Å²) in [6.07, 6.45) is 0. The molecule has 2 aromatic carbocycles. The lowest BCUT2D eigenvalue weighted by Gasteiger charge is -2.14. The van der Waals surface area contributed by atoms with Crippen LogP contribution >= 0.6 is 15.9 Å². The van der Waals surface area contributed by atoms with E-state index in [4.69, 9.17) is 4.74 Å². The van der Waals surface area contributed by atoms with Crippen molar-refractivity contribution in [2.75, 3.05) is 6.61 Å². The summed E-state index contributed by atoms with van der Waals surface area (Å²) >= 11 is 3.35. The molecular formula is C16H15BrN2O4. The van der Waals surface area contributed by atoms with Crippen LogP contribution in [0.4, 0.5) is 5.69 Å². The fourth-order valence-electron chi connectivity index (χ4n) is 1.99. The fourth-order valence-corrected chi connectivity index (χ4v) is 2.26. The molecule has 0 aromatic heterocycles. The number of nitro groups is 1. The van der Waals surface area contributed by atoms with Gasteiger partial charge in [-0.05, 0) is 30.7 Å². The van der Waals surface area contributed by atoms with Crippen LogP contribution in [0.15, 0.2) is 53.0 Å². The average Bonchev–Trinajstić information content (AvgIpc) is 2.53. The maximum absolute atomic E-state index is 11.9. The van der Waals surface area contributed by atoms with Gasteiger partial charge in [0.05, 0.1) is 11.0 Å². The molecule has 2 aromatic rings. The zero-order chi connectivity index (χ0) is 16.8.